The molecule has 0 saturated heterocycles. The lowest BCUT2D eigenvalue weighted by Gasteiger charge is -2.34. The number of hydrogen-bond donors (Lipinski definition) is 1. The van der Waals surface area contributed by atoms with E-state index in [4.69, 9.17) is 11.6 Å². The zero-order valence-corrected chi connectivity index (χ0v) is 12.9. The SMILES string of the molecule is CC[C@H](C(=O)O)N(c1nc(Cl)ncc1[N+](=O)[O-])C1CCCC1. The number of carboxylic acids is 1. The molecule has 2 rings (SSSR count). The van der Waals surface area contributed by atoms with Crippen molar-refractivity contribution in [3.63, 3.8) is 0 Å². The molecule has 1 aliphatic rings. The summed E-state index contributed by atoms with van der Waals surface area (Å²) < 4.78 is 0. The molecule has 1 aliphatic carbocycles. The average molecular weight is 329 g/mol. The van der Waals surface area contributed by atoms with E-state index in [9.17, 15) is 20.0 Å². The molecule has 22 heavy (non-hydrogen) atoms. The number of nitrogens with zero attached hydrogens (tertiary/aromatic N) is 4. The van der Waals surface area contributed by atoms with Gasteiger partial charge in [0.1, 0.15) is 12.2 Å². The van der Waals surface area contributed by atoms with Crippen LogP contribution in [0.2, 0.25) is 5.28 Å². The van der Waals surface area contributed by atoms with Crippen molar-refractivity contribution in [3.8, 4) is 0 Å². The summed E-state index contributed by atoms with van der Waals surface area (Å²) in [6.07, 6.45) is 4.82. The second-order valence-electron chi connectivity index (χ2n) is 5.21. The molecule has 0 aromatic carbocycles. The first-order valence-electron chi connectivity index (χ1n) is 7.13. The molecule has 0 bridgehead atoms. The summed E-state index contributed by atoms with van der Waals surface area (Å²) >= 11 is 5.78. The number of halogens is 1. The minimum atomic E-state index is -1.03. The number of nitro groups is 1. The van der Waals surface area contributed by atoms with Gasteiger partial charge >= 0.3 is 11.7 Å². The average Bonchev–Trinajstić information content (AvgIpc) is 2.97. The third-order valence-electron chi connectivity index (χ3n) is 3.89. The maximum absolute atomic E-state index is 11.6. The Bertz CT molecular complexity index is 577. The van der Waals surface area contributed by atoms with Crippen LogP contribution < -0.4 is 4.90 Å². The van der Waals surface area contributed by atoms with Crippen LogP contribution in [0, 0.1) is 10.1 Å². The second-order valence-corrected chi connectivity index (χ2v) is 5.55. The van der Waals surface area contributed by atoms with Crippen LogP contribution in [0.4, 0.5) is 11.5 Å². The molecule has 1 N–H and O–H groups in total. The highest BCUT2D eigenvalue weighted by Gasteiger charge is 2.37. The molecule has 1 aromatic heterocycles. The molecule has 0 unspecified atom stereocenters. The third-order valence-corrected chi connectivity index (χ3v) is 4.07. The Balaban J connectivity index is 2.55. The highest BCUT2D eigenvalue weighted by Crippen LogP contribution is 2.35. The van der Waals surface area contributed by atoms with E-state index in [0.717, 1.165) is 31.9 Å². The van der Waals surface area contributed by atoms with E-state index in [1.807, 2.05) is 0 Å². The molecule has 0 aliphatic heterocycles. The molecule has 1 fully saturated rings. The van der Waals surface area contributed by atoms with Crippen molar-refractivity contribution in [1.82, 2.24) is 9.97 Å². The van der Waals surface area contributed by atoms with Crippen LogP contribution in [0.25, 0.3) is 0 Å². The predicted molar refractivity (Wildman–Crippen MR) is 80.1 cm³/mol. The van der Waals surface area contributed by atoms with E-state index in [-0.39, 0.29) is 22.8 Å². The van der Waals surface area contributed by atoms with E-state index in [1.165, 1.54) is 0 Å². The first kappa shape index (κ1) is 16.4. The summed E-state index contributed by atoms with van der Waals surface area (Å²) in [5.74, 6) is -1.04. The standard InChI is InChI=1S/C13H17ClN4O4/c1-2-9(12(19)20)17(8-5-3-4-6-8)11-10(18(21)22)7-15-13(14)16-11/h7-9H,2-6H2,1H3,(H,19,20)/t9-/m1/s1. The fourth-order valence-corrected chi connectivity index (χ4v) is 3.04. The van der Waals surface area contributed by atoms with E-state index in [1.54, 1.807) is 11.8 Å². The molecule has 1 saturated carbocycles. The lowest BCUT2D eigenvalue weighted by atomic mass is 10.1. The Morgan fingerprint density at radius 3 is 2.73 bits per heavy atom. The van der Waals surface area contributed by atoms with Crippen LogP contribution in [0.5, 0.6) is 0 Å². The second kappa shape index (κ2) is 6.87. The van der Waals surface area contributed by atoms with Crippen molar-refractivity contribution < 1.29 is 14.8 Å². The highest BCUT2D eigenvalue weighted by atomic mass is 35.5. The quantitative estimate of drug-likeness (QED) is 0.485. The van der Waals surface area contributed by atoms with Gasteiger partial charge in [0, 0.05) is 6.04 Å². The van der Waals surface area contributed by atoms with Gasteiger partial charge < -0.3 is 10.0 Å². The normalized spacial score (nSPS) is 16.5. The molecule has 1 aromatic rings. The molecule has 0 spiro atoms. The minimum absolute atomic E-state index is 0.00819. The fraction of sp³-hybridized carbons (Fsp3) is 0.615. The Morgan fingerprint density at radius 1 is 1.59 bits per heavy atom. The van der Waals surface area contributed by atoms with Gasteiger partial charge in [-0.3, -0.25) is 10.1 Å². The van der Waals surface area contributed by atoms with Crippen LogP contribution >= 0.6 is 11.6 Å². The van der Waals surface area contributed by atoms with Crippen LogP contribution in [-0.4, -0.2) is 38.1 Å². The summed E-state index contributed by atoms with van der Waals surface area (Å²) in [6.45, 7) is 1.73. The fourth-order valence-electron chi connectivity index (χ4n) is 2.91. The van der Waals surface area contributed by atoms with Gasteiger partial charge in [0.2, 0.25) is 11.1 Å². The summed E-state index contributed by atoms with van der Waals surface area (Å²) in [4.78, 5) is 31.4. The van der Waals surface area contributed by atoms with Crippen molar-refractivity contribution in [3.05, 3.63) is 21.6 Å². The minimum Gasteiger partial charge on any atom is -0.480 e. The maximum atomic E-state index is 11.6. The van der Waals surface area contributed by atoms with Gasteiger partial charge in [0.05, 0.1) is 4.92 Å². The van der Waals surface area contributed by atoms with Gasteiger partial charge in [0.15, 0.2) is 0 Å². The predicted octanol–water partition coefficient (Wildman–Crippen LogP) is 2.65. The number of rotatable bonds is 6. The smallest absolute Gasteiger partial charge is 0.329 e. The number of anilines is 1. The first-order valence-corrected chi connectivity index (χ1v) is 7.51. The Morgan fingerprint density at radius 2 is 2.23 bits per heavy atom. The molecule has 8 nitrogen and oxygen atoms in total. The van der Waals surface area contributed by atoms with E-state index < -0.39 is 16.9 Å². The number of carboxylic acid groups (broad SMARTS) is 1. The van der Waals surface area contributed by atoms with Gasteiger partial charge in [-0.25, -0.2) is 9.78 Å². The van der Waals surface area contributed by atoms with Gasteiger partial charge in [0.25, 0.3) is 0 Å². The molecule has 1 heterocycles. The van der Waals surface area contributed by atoms with Crippen LogP contribution in [0.3, 0.4) is 0 Å². The van der Waals surface area contributed by atoms with Crippen molar-refractivity contribution in [2.45, 2.75) is 51.1 Å². The summed E-state index contributed by atoms with van der Waals surface area (Å²) in [7, 11) is 0. The molecule has 0 amide bonds. The summed E-state index contributed by atoms with van der Waals surface area (Å²) in [6, 6.07) is -0.974. The monoisotopic (exact) mass is 328 g/mol. The molecular weight excluding hydrogens is 312 g/mol. The zero-order chi connectivity index (χ0) is 16.3. The highest BCUT2D eigenvalue weighted by molar-refractivity contribution is 6.28. The lowest BCUT2D eigenvalue weighted by Crippen LogP contribution is -2.47. The van der Waals surface area contributed by atoms with Crippen LogP contribution in [0.15, 0.2) is 6.20 Å². The van der Waals surface area contributed by atoms with Crippen molar-refractivity contribution in [1.29, 1.82) is 0 Å². The Labute approximate surface area is 132 Å². The number of aliphatic carboxylic acids is 1. The van der Waals surface area contributed by atoms with E-state index in [2.05, 4.69) is 9.97 Å². The zero-order valence-electron chi connectivity index (χ0n) is 12.1. The third kappa shape index (κ3) is 3.27. The number of aromatic nitrogens is 2. The first-order chi connectivity index (χ1) is 10.5. The van der Waals surface area contributed by atoms with Gasteiger partial charge in [-0.15, -0.1) is 0 Å². The van der Waals surface area contributed by atoms with Gasteiger partial charge in [-0.1, -0.05) is 19.8 Å². The van der Waals surface area contributed by atoms with E-state index in [0.29, 0.717) is 6.42 Å². The largest absolute Gasteiger partial charge is 0.480 e. The molecule has 1 atom stereocenters. The van der Waals surface area contributed by atoms with Gasteiger partial charge in [-0.2, -0.15) is 4.98 Å². The Kier molecular flexibility index (Phi) is 5.12. The summed E-state index contributed by atoms with van der Waals surface area (Å²) in [5.41, 5.74) is -0.323. The Hall–Kier alpha value is -1.96. The van der Waals surface area contributed by atoms with Gasteiger partial charge in [-0.05, 0) is 30.9 Å². The van der Waals surface area contributed by atoms with Crippen LogP contribution in [0.1, 0.15) is 39.0 Å². The number of carbonyl (C=O) groups is 1. The molecular formula is C13H17ClN4O4. The van der Waals surface area contributed by atoms with Crippen molar-refractivity contribution in [2.24, 2.45) is 0 Å². The lowest BCUT2D eigenvalue weighted by molar-refractivity contribution is -0.384. The molecule has 9 heteroatoms. The van der Waals surface area contributed by atoms with E-state index >= 15 is 0 Å². The number of hydrogen-bond acceptors (Lipinski definition) is 6. The maximum Gasteiger partial charge on any atom is 0.329 e. The topological polar surface area (TPSA) is 109 Å². The van der Waals surface area contributed by atoms with Crippen LogP contribution in [-0.2, 0) is 4.79 Å². The van der Waals surface area contributed by atoms with Crippen molar-refractivity contribution in [2.75, 3.05) is 4.90 Å². The summed E-state index contributed by atoms with van der Waals surface area (Å²) in [5, 5.41) is 20.6. The molecule has 120 valence electrons. The molecule has 0 radical (unpaired) electrons. The van der Waals surface area contributed by atoms with Crippen molar-refractivity contribution >= 4 is 29.1 Å².